The number of thioether (sulfide) groups is 1. The smallest absolute Gasteiger partial charge is 0.272 e. The molecule has 0 fully saturated rings. The van der Waals surface area contributed by atoms with Crippen molar-refractivity contribution in [3.8, 4) is 11.5 Å². The minimum Gasteiger partial charge on any atom is -0.457 e. The third-order valence-electron chi connectivity index (χ3n) is 4.25. The van der Waals surface area contributed by atoms with Crippen molar-refractivity contribution in [3.63, 3.8) is 0 Å². The quantitative estimate of drug-likeness (QED) is 0.679. The molecule has 0 spiro atoms. The van der Waals surface area contributed by atoms with Crippen LogP contribution in [0.2, 0.25) is 0 Å². The molecule has 0 radical (unpaired) electrons. The van der Waals surface area contributed by atoms with E-state index in [4.69, 9.17) is 4.74 Å². The van der Waals surface area contributed by atoms with Gasteiger partial charge < -0.3 is 15.5 Å². The lowest BCUT2D eigenvalue weighted by Crippen LogP contribution is -2.29. The summed E-state index contributed by atoms with van der Waals surface area (Å²) in [5.74, 6) is 0.722. The van der Waals surface area contributed by atoms with Gasteiger partial charge in [-0.1, -0.05) is 23.9 Å². The van der Waals surface area contributed by atoms with Gasteiger partial charge in [0, 0.05) is 6.54 Å². The van der Waals surface area contributed by atoms with E-state index >= 15 is 0 Å². The number of nitrogens with zero attached hydrogens (tertiary/aromatic N) is 2. The number of carbonyl (C=O) groups is 1. The van der Waals surface area contributed by atoms with Crippen molar-refractivity contribution < 1.29 is 13.9 Å². The monoisotopic (exact) mass is 398 g/mol. The van der Waals surface area contributed by atoms with E-state index in [1.807, 2.05) is 38.1 Å². The van der Waals surface area contributed by atoms with E-state index < -0.39 is 0 Å². The molecular weight excluding hydrogens is 379 g/mol. The molecule has 1 aliphatic heterocycles. The molecule has 0 saturated heterocycles. The Morgan fingerprint density at radius 1 is 1.21 bits per heavy atom. The zero-order valence-electron chi connectivity index (χ0n) is 15.4. The summed E-state index contributed by atoms with van der Waals surface area (Å²) >= 11 is 1.59. The van der Waals surface area contributed by atoms with Crippen LogP contribution in [0.3, 0.4) is 0 Å². The number of amides is 1. The predicted octanol–water partition coefficient (Wildman–Crippen LogP) is 4.05. The van der Waals surface area contributed by atoms with Crippen molar-refractivity contribution in [1.29, 1.82) is 0 Å². The first-order chi connectivity index (χ1) is 13.5. The van der Waals surface area contributed by atoms with Crippen molar-refractivity contribution in [3.05, 3.63) is 71.3 Å². The summed E-state index contributed by atoms with van der Waals surface area (Å²) in [5.41, 5.74) is 5.38. The number of aryl methyl sites for hydroxylation is 1. The number of hydrogen-bond acceptors (Lipinski definition) is 5. The van der Waals surface area contributed by atoms with Crippen LogP contribution in [0.15, 0.2) is 53.7 Å². The number of aromatic nitrogens is 2. The Balaban J connectivity index is 1.38. The average Bonchev–Trinajstić information content (AvgIpc) is 3.17. The zero-order valence-corrected chi connectivity index (χ0v) is 16.2. The average molecular weight is 398 g/mol. The second-order valence-electron chi connectivity index (χ2n) is 6.44. The van der Waals surface area contributed by atoms with Gasteiger partial charge in [-0.15, -0.1) is 0 Å². The van der Waals surface area contributed by atoms with Crippen LogP contribution in [-0.2, 0) is 6.54 Å². The van der Waals surface area contributed by atoms with Crippen LogP contribution in [0.1, 0.15) is 28.7 Å². The normalized spacial score (nSPS) is 15.0. The van der Waals surface area contributed by atoms with Crippen LogP contribution >= 0.6 is 11.8 Å². The summed E-state index contributed by atoms with van der Waals surface area (Å²) < 4.78 is 20.4. The van der Waals surface area contributed by atoms with Gasteiger partial charge in [-0.3, -0.25) is 4.79 Å². The number of fused-ring (bicyclic) bond motifs is 1. The molecule has 8 heteroatoms. The number of halogens is 1. The molecular formula is C20H19FN4O2S. The molecule has 3 aromatic rings. The number of benzene rings is 2. The predicted molar refractivity (Wildman–Crippen MR) is 106 cm³/mol. The fraction of sp³-hybridized carbons (Fsp3) is 0.200. The van der Waals surface area contributed by atoms with Gasteiger partial charge in [-0.2, -0.15) is 0 Å². The Kier molecular flexibility index (Phi) is 4.95. The second kappa shape index (κ2) is 7.55. The number of rotatable bonds is 5. The Labute approximate surface area is 166 Å². The first-order valence-electron chi connectivity index (χ1n) is 8.83. The third-order valence-corrected chi connectivity index (χ3v) is 5.20. The van der Waals surface area contributed by atoms with E-state index in [1.54, 1.807) is 28.6 Å². The minimum atomic E-state index is -0.305. The van der Waals surface area contributed by atoms with Gasteiger partial charge in [0.05, 0.1) is 11.1 Å². The summed E-state index contributed by atoms with van der Waals surface area (Å²) in [6.45, 7) is 4.24. The molecule has 0 aliphatic carbocycles. The maximum atomic E-state index is 12.9. The molecule has 2 N–H and O–H groups in total. The largest absolute Gasteiger partial charge is 0.457 e. The maximum Gasteiger partial charge on any atom is 0.272 e. The molecule has 28 heavy (non-hydrogen) atoms. The highest BCUT2D eigenvalue weighted by molar-refractivity contribution is 8.00. The van der Waals surface area contributed by atoms with Crippen molar-refractivity contribution in [2.75, 3.05) is 5.43 Å². The highest BCUT2D eigenvalue weighted by atomic mass is 32.2. The van der Waals surface area contributed by atoms with Crippen molar-refractivity contribution in [2.45, 2.75) is 30.9 Å². The van der Waals surface area contributed by atoms with Gasteiger partial charge >= 0.3 is 0 Å². The van der Waals surface area contributed by atoms with Crippen molar-refractivity contribution in [2.24, 2.45) is 0 Å². The molecule has 2 heterocycles. The lowest BCUT2D eigenvalue weighted by molar-refractivity contribution is 0.0941. The Hall–Kier alpha value is -3.00. The van der Waals surface area contributed by atoms with Crippen LogP contribution in [0.25, 0.3) is 0 Å². The summed E-state index contributed by atoms with van der Waals surface area (Å²) in [6, 6.07) is 13.2. The summed E-state index contributed by atoms with van der Waals surface area (Å²) in [7, 11) is 0. The lowest BCUT2D eigenvalue weighted by atomic mass is 10.2. The highest BCUT2D eigenvalue weighted by Crippen LogP contribution is 2.29. The molecule has 6 nitrogen and oxygen atoms in total. The van der Waals surface area contributed by atoms with E-state index in [9.17, 15) is 9.18 Å². The minimum absolute atomic E-state index is 0.176. The van der Waals surface area contributed by atoms with E-state index in [-0.39, 0.29) is 17.1 Å². The fourth-order valence-electron chi connectivity index (χ4n) is 2.91. The van der Waals surface area contributed by atoms with E-state index in [1.165, 1.54) is 12.1 Å². The van der Waals surface area contributed by atoms with Crippen LogP contribution in [0.4, 0.5) is 4.39 Å². The molecule has 144 valence electrons. The standard InChI is InChI=1S/C20H19FN4O2S/c1-12-18(25-20(23-12)28-13(2)24-25)19(26)22-11-14-3-7-16(8-4-14)27-17-9-5-15(21)6-10-17/h3-10,13,24H,11H2,1-2H3,(H,22,26). The van der Waals surface area contributed by atoms with Gasteiger partial charge in [0.25, 0.3) is 5.91 Å². The SMILES string of the molecule is Cc1nc2n(c1C(=O)NCc1ccc(Oc3ccc(F)cc3)cc1)NC(C)S2. The first-order valence-corrected chi connectivity index (χ1v) is 9.70. The van der Waals surface area contributed by atoms with Crippen LogP contribution in [0.5, 0.6) is 11.5 Å². The van der Waals surface area contributed by atoms with Gasteiger partial charge in [0.2, 0.25) is 0 Å². The third kappa shape index (κ3) is 3.82. The topological polar surface area (TPSA) is 68.2 Å². The van der Waals surface area contributed by atoms with Gasteiger partial charge in [-0.05, 0) is 55.8 Å². The number of hydrogen-bond donors (Lipinski definition) is 2. The zero-order chi connectivity index (χ0) is 19.7. The number of nitrogens with one attached hydrogen (secondary N) is 2. The van der Waals surface area contributed by atoms with Crippen LogP contribution in [0, 0.1) is 12.7 Å². The Morgan fingerprint density at radius 3 is 2.54 bits per heavy atom. The highest BCUT2D eigenvalue weighted by Gasteiger charge is 2.27. The Morgan fingerprint density at radius 2 is 1.86 bits per heavy atom. The molecule has 2 aromatic carbocycles. The van der Waals surface area contributed by atoms with E-state index in [0.29, 0.717) is 29.4 Å². The van der Waals surface area contributed by atoms with E-state index in [0.717, 1.165) is 10.7 Å². The molecule has 4 rings (SSSR count). The number of imidazole rings is 1. The molecule has 1 aliphatic rings. The molecule has 1 unspecified atom stereocenters. The van der Waals surface area contributed by atoms with Crippen molar-refractivity contribution in [1.82, 2.24) is 15.0 Å². The second-order valence-corrected chi connectivity index (χ2v) is 7.74. The van der Waals surface area contributed by atoms with Gasteiger partial charge in [0.15, 0.2) is 10.9 Å². The fourth-order valence-corrected chi connectivity index (χ4v) is 3.83. The lowest BCUT2D eigenvalue weighted by Gasteiger charge is -2.11. The maximum absolute atomic E-state index is 12.9. The number of ether oxygens (including phenoxy) is 1. The van der Waals surface area contributed by atoms with E-state index in [2.05, 4.69) is 15.7 Å². The number of carbonyl (C=O) groups excluding carboxylic acids is 1. The Bertz CT molecular complexity index is 1000. The van der Waals surface area contributed by atoms with Crippen LogP contribution in [-0.4, -0.2) is 20.9 Å². The van der Waals surface area contributed by atoms with Gasteiger partial charge in [0.1, 0.15) is 17.3 Å². The van der Waals surface area contributed by atoms with Gasteiger partial charge in [-0.25, -0.2) is 14.1 Å². The molecule has 0 saturated carbocycles. The van der Waals surface area contributed by atoms with Crippen molar-refractivity contribution >= 4 is 17.7 Å². The molecule has 1 atom stereocenters. The summed E-state index contributed by atoms with van der Waals surface area (Å²) in [4.78, 5) is 17.1. The van der Waals surface area contributed by atoms with Crippen LogP contribution < -0.4 is 15.5 Å². The molecule has 1 amide bonds. The summed E-state index contributed by atoms with van der Waals surface area (Å²) in [6.07, 6.45) is 0. The molecule has 0 bridgehead atoms. The summed E-state index contributed by atoms with van der Waals surface area (Å²) in [5, 5.41) is 3.92. The first kappa shape index (κ1) is 18.4. The molecule has 1 aromatic heterocycles.